The van der Waals surface area contributed by atoms with E-state index in [0.717, 1.165) is 6.26 Å². The molecule has 1 heterocycles. The van der Waals surface area contributed by atoms with Gasteiger partial charge in [0.05, 0.1) is 18.8 Å². The van der Waals surface area contributed by atoms with E-state index in [1.807, 2.05) is 27.7 Å². The van der Waals surface area contributed by atoms with Gasteiger partial charge >= 0.3 is 0 Å². The van der Waals surface area contributed by atoms with Gasteiger partial charge in [-0.3, -0.25) is 0 Å². The van der Waals surface area contributed by atoms with Crippen LogP contribution in [0.5, 0.6) is 0 Å². The highest BCUT2D eigenvalue weighted by Crippen LogP contribution is 2.19. The maximum absolute atomic E-state index is 13.7. The fraction of sp³-hybridized carbons (Fsp3) is 0.526. The quantitative estimate of drug-likeness (QED) is 0.308. The molecule has 0 saturated heterocycles. The Morgan fingerprint density at radius 3 is 2.50 bits per heavy atom. The van der Waals surface area contributed by atoms with Crippen LogP contribution in [0.25, 0.3) is 0 Å². The summed E-state index contributed by atoms with van der Waals surface area (Å²) in [7, 11) is -3.25. The number of guanidine groups is 1. The van der Waals surface area contributed by atoms with Crippen LogP contribution in [0.15, 0.2) is 27.7 Å². The molecule has 0 radical (unpaired) electrons. The molecule has 8 nitrogen and oxygen atoms in total. The average molecular weight is 553 g/mol. The monoisotopic (exact) mass is 553 g/mol. The highest BCUT2D eigenvalue weighted by atomic mass is 127. The molecule has 0 amide bonds. The number of rotatable bonds is 7. The third kappa shape index (κ3) is 8.54. The summed E-state index contributed by atoms with van der Waals surface area (Å²) in [5.74, 6) is 0.905. The van der Waals surface area contributed by atoms with Gasteiger partial charge in [-0.1, -0.05) is 32.0 Å². The van der Waals surface area contributed by atoms with Gasteiger partial charge in [-0.2, -0.15) is 4.98 Å². The summed E-state index contributed by atoms with van der Waals surface area (Å²) in [4.78, 5) is 8.79. The molecule has 11 heteroatoms. The first-order valence-electron chi connectivity index (χ1n) is 9.28. The first kappa shape index (κ1) is 26.3. The minimum Gasteiger partial charge on any atom is -0.357 e. The van der Waals surface area contributed by atoms with Crippen LogP contribution >= 0.6 is 24.0 Å². The van der Waals surface area contributed by atoms with Crippen molar-refractivity contribution in [1.29, 1.82) is 0 Å². The number of aromatic nitrogens is 2. The lowest BCUT2D eigenvalue weighted by Crippen LogP contribution is -2.37. The Bertz CT molecular complexity index is 971. The number of aliphatic imine (C=N–C) groups is 1. The van der Waals surface area contributed by atoms with Gasteiger partial charge in [0.25, 0.3) is 0 Å². The number of halogens is 2. The van der Waals surface area contributed by atoms with Gasteiger partial charge in [0.1, 0.15) is 5.82 Å². The van der Waals surface area contributed by atoms with Crippen LogP contribution in [-0.2, 0) is 34.1 Å². The zero-order valence-electron chi connectivity index (χ0n) is 17.8. The summed E-state index contributed by atoms with van der Waals surface area (Å²) in [5.41, 5.74) is 0.806. The molecule has 0 bridgehead atoms. The zero-order chi connectivity index (χ0) is 21.7. The fourth-order valence-electron chi connectivity index (χ4n) is 2.46. The number of hydrogen-bond acceptors (Lipinski definition) is 6. The molecule has 0 unspecified atom stereocenters. The first-order chi connectivity index (χ1) is 13.5. The lowest BCUT2D eigenvalue weighted by molar-refractivity contribution is 0.318. The summed E-state index contributed by atoms with van der Waals surface area (Å²) in [6.07, 6.45) is 1.14. The number of hydrogen-bond donors (Lipinski definition) is 2. The second-order valence-electron chi connectivity index (χ2n) is 7.80. The molecule has 0 saturated carbocycles. The predicted molar refractivity (Wildman–Crippen MR) is 125 cm³/mol. The number of nitrogens with one attached hydrogen (secondary N) is 2. The minimum atomic E-state index is -3.25. The standard InChI is InChI=1S/C19H28FN5O3S.HI/c1-6-21-18(23-11-16-24-17(28-25-16)19(2,3)4)22-10-14-9-15(20)8-7-13(14)12-29(5,26)27;/h7-9H,6,10-12H2,1-5H3,(H2,21,22,23);1H. The van der Waals surface area contributed by atoms with E-state index in [0.29, 0.717) is 41.9 Å². The minimum absolute atomic E-state index is 0. The van der Waals surface area contributed by atoms with Crippen molar-refractivity contribution in [3.05, 3.63) is 46.9 Å². The van der Waals surface area contributed by atoms with Gasteiger partial charge in [-0.25, -0.2) is 17.8 Å². The maximum Gasteiger partial charge on any atom is 0.232 e. The molecule has 0 aliphatic rings. The van der Waals surface area contributed by atoms with Gasteiger partial charge in [-0.05, 0) is 30.2 Å². The molecule has 1 aromatic heterocycles. The molecule has 30 heavy (non-hydrogen) atoms. The summed E-state index contributed by atoms with van der Waals surface area (Å²) < 4.78 is 42.2. The summed E-state index contributed by atoms with van der Waals surface area (Å²) in [6.45, 7) is 8.90. The lowest BCUT2D eigenvalue weighted by Gasteiger charge is -2.12. The summed E-state index contributed by atoms with van der Waals surface area (Å²) in [5, 5.41) is 10.1. The Morgan fingerprint density at radius 2 is 1.93 bits per heavy atom. The Kier molecular flexibility index (Phi) is 9.66. The molecular formula is C19H29FIN5O3S. The van der Waals surface area contributed by atoms with Crippen molar-refractivity contribution < 1.29 is 17.3 Å². The second kappa shape index (κ2) is 11.0. The van der Waals surface area contributed by atoms with Gasteiger partial charge in [0.2, 0.25) is 5.89 Å². The molecule has 0 spiro atoms. The SMILES string of the molecule is CCNC(=NCc1cc(F)ccc1CS(C)(=O)=O)NCc1noc(C(C)(C)C)n1.I. The topological polar surface area (TPSA) is 109 Å². The normalized spacial score (nSPS) is 12.4. The Labute approximate surface area is 194 Å². The van der Waals surface area contributed by atoms with Crippen molar-refractivity contribution >= 4 is 39.8 Å². The highest BCUT2D eigenvalue weighted by molar-refractivity contribution is 14.0. The van der Waals surface area contributed by atoms with Gasteiger partial charge < -0.3 is 15.2 Å². The number of nitrogens with zero attached hydrogens (tertiary/aromatic N) is 3. The molecule has 0 aliphatic heterocycles. The van der Waals surface area contributed by atoms with E-state index in [2.05, 4.69) is 25.8 Å². The van der Waals surface area contributed by atoms with Crippen LogP contribution in [0.1, 0.15) is 50.5 Å². The van der Waals surface area contributed by atoms with Gasteiger partial charge in [0, 0.05) is 18.2 Å². The van der Waals surface area contributed by atoms with Crippen molar-refractivity contribution in [1.82, 2.24) is 20.8 Å². The third-order valence-electron chi connectivity index (χ3n) is 3.86. The molecule has 2 N–H and O–H groups in total. The van der Waals surface area contributed by atoms with Crippen LogP contribution in [0, 0.1) is 5.82 Å². The van der Waals surface area contributed by atoms with E-state index in [9.17, 15) is 12.8 Å². The zero-order valence-corrected chi connectivity index (χ0v) is 21.0. The van der Waals surface area contributed by atoms with E-state index in [-0.39, 0.29) is 41.7 Å². The molecule has 0 aliphatic carbocycles. The van der Waals surface area contributed by atoms with Crippen molar-refractivity contribution in [2.45, 2.75) is 52.0 Å². The first-order valence-corrected chi connectivity index (χ1v) is 11.3. The van der Waals surface area contributed by atoms with E-state index < -0.39 is 15.7 Å². The number of benzene rings is 1. The molecular weight excluding hydrogens is 524 g/mol. The Balaban J connectivity index is 0.00000450. The molecule has 168 valence electrons. The van der Waals surface area contributed by atoms with Crippen LogP contribution in [-0.4, -0.2) is 37.3 Å². The maximum atomic E-state index is 13.7. The van der Waals surface area contributed by atoms with Crippen molar-refractivity contribution in [2.75, 3.05) is 12.8 Å². The molecule has 1 aromatic carbocycles. The van der Waals surface area contributed by atoms with Crippen molar-refractivity contribution in [2.24, 2.45) is 4.99 Å². The Hall–Kier alpha value is -1.76. The molecule has 0 fully saturated rings. The Morgan fingerprint density at radius 1 is 1.23 bits per heavy atom. The van der Waals surface area contributed by atoms with E-state index in [4.69, 9.17) is 4.52 Å². The molecule has 2 rings (SSSR count). The van der Waals surface area contributed by atoms with E-state index >= 15 is 0 Å². The molecule has 0 atom stereocenters. The largest absolute Gasteiger partial charge is 0.357 e. The van der Waals surface area contributed by atoms with E-state index in [1.165, 1.54) is 18.2 Å². The predicted octanol–water partition coefficient (Wildman–Crippen LogP) is 2.92. The van der Waals surface area contributed by atoms with Crippen LogP contribution in [0.2, 0.25) is 0 Å². The van der Waals surface area contributed by atoms with Gasteiger partial charge in [-0.15, -0.1) is 24.0 Å². The summed E-state index contributed by atoms with van der Waals surface area (Å²) >= 11 is 0. The van der Waals surface area contributed by atoms with Crippen LogP contribution in [0.4, 0.5) is 4.39 Å². The summed E-state index contributed by atoms with van der Waals surface area (Å²) in [6, 6.07) is 4.04. The molecule has 2 aromatic rings. The van der Waals surface area contributed by atoms with Crippen LogP contribution in [0.3, 0.4) is 0 Å². The van der Waals surface area contributed by atoms with Crippen LogP contribution < -0.4 is 10.6 Å². The fourth-order valence-corrected chi connectivity index (χ4v) is 3.31. The lowest BCUT2D eigenvalue weighted by atomic mass is 9.97. The van der Waals surface area contributed by atoms with Crippen molar-refractivity contribution in [3.63, 3.8) is 0 Å². The highest BCUT2D eigenvalue weighted by Gasteiger charge is 2.21. The smallest absolute Gasteiger partial charge is 0.232 e. The average Bonchev–Trinajstić information content (AvgIpc) is 3.07. The van der Waals surface area contributed by atoms with E-state index in [1.54, 1.807) is 0 Å². The third-order valence-corrected chi connectivity index (χ3v) is 4.70. The second-order valence-corrected chi connectivity index (χ2v) is 9.94. The van der Waals surface area contributed by atoms with Gasteiger partial charge in [0.15, 0.2) is 21.6 Å². The van der Waals surface area contributed by atoms with Crippen molar-refractivity contribution in [3.8, 4) is 0 Å². The number of sulfone groups is 1.